The van der Waals surface area contributed by atoms with E-state index in [-0.39, 0.29) is 11.7 Å². The number of thiocarbonyl (C=S) groups is 1. The van der Waals surface area contributed by atoms with Gasteiger partial charge >= 0.3 is 0 Å². The van der Waals surface area contributed by atoms with E-state index in [2.05, 4.69) is 10.6 Å². The maximum Gasteiger partial charge on any atom is 0.263 e. The molecule has 2 aromatic carbocycles. The smallest absolute Gasteiger partial charge is 0.263 e. The monoisotopic (exact) mass is 358 g/mol. The molecule has 1 aliphatic rings. The van der Waals surface area contributed by atoms with Gasteiger partial charge in [-0.25, -0.2) is 4.39 Å². The summed E-state index contributed by atoms with van der Waals surface area (Å²) in [5.74, 6) is -0.367. The minimum Gasteiger partial charge on any atom is -0.309 e. The lowest BCUT2D eigenvalue weighted by Gasteiger charge is -2.06. The van der Waals surface area contributed by atoms with Crippen LogP contribution in [0.15, 0.2) is 53.4 Å². The van der Waals surface area contributed by atoms with Crippen LogP contribution in [0.5, 0.6) is 0 Å². The summed E-state index contributed by atoms with van der Waals surface area (Å²) in [6.45, 7) is 1.40. The zero-order chi connectivity index (χ0) is 16.9. The molecule has 1 heterocycles. The third-order valence-electron chi connectivity index (χ3n) is 3.49. The second-order valence-corrected chi connectivity index (χ2v) is 7.04. The molecule has 0 saturated carbocycles. The van der Waals surface area contributed by atoms with Crippen molar-refractivity contribution >= 4 is 40.3 Å². The highest BCUT2D eigenvalue weighted by molar-refractivity contribution is 8.26. The van der Waals surface area contributed by atoms with Gasteiger partial charge in [-0.3, -0.25) is 4.79 Å². The molecule has 0 aromatic heterocycles. The fourth-order valence-corrected chi connectivity index (χ4v) is 3.30. The van der Waals surface area contributed by atoms with E-state index in [1.807, 2.05) is 30.3 Å². The SMILES string of the molecule is O=C1NC(=S)S/C1=C/c1ccc(CNCc2ccc(F)cc2)cc1. The van der Waals surface area contributed by atoms with Crippen LogP contribution < -0.4 is 10.6 Å². The summed E-state index contributed by atoms with van der Waals surface area (Å²) in [5.41, 5.74) is 3.14. The van der Waals surface area contributed by atoms with Gasteiger partial charge in [-0.1, -0.05) is 60.4 Å². The highest BCUT2D eigenvalue weighted by atomic mass is 32.2. The van der Waals surface area contributed by atoms with Crippen molar-refractivity contribution in [1.82, 2.24) is 10.6 Å². The molecule has 24 heavy (non-hydrogen) atoms. The van der Waals surface area contributed by atoms with Crippen LogP contribution in [0.3, 0.4) is 0 Å². The van der Waals surface area contributed by atoms with Gasteiger partial charge in [0.2, 0.25) is 0 Å². The summed E-state index contributed by atoms with van der Waals surface area (Å²) in [6.07, 6.45) is 1.83. The summed E-state index contributed by atoms with van der Waals surface area (Å²) in [4.78, 5) is 12.2. The Morgan fingerprint density at radius 2 is 1.62 bits per heavy atom. The number of benzene rings is 2. The standard InChI is InChI=1S/C18H15FN2OS2/c19-15-7-5-14(6-8-15)11-20-10-13-3-1-12(2-4-13)9-16-17(22)21-18(23)24-16/h1-9,20H,10-11H2,(H,21,22,23)/b16-9+. The Labute approximate surface area is 149 Å². The van der Waals surface area contributed by atoms with E-state index in [9.17, 15) is 9.18 Å². The van der Waals surface area contributed by atoms with Crippen molar-refractivity contribution in [1.29, 1.82) is 0 Å². The molecule has 3 nitrogen and oxygen atoms in total. The van der Waals surface area contributed by atoms with Crippen LogP contribution in [0.25, 0.3) is 6.08 Å². The summed E-state index contributed by atoms with van der Waals surface area (Å²) in [6, 6.07) is 14.4. The molecule has 2 N–H and O–H groups in total. The van der Waals surface area contributed by atoms with Gasteiger partial charge in [0.05, 0.1) is 4.91 Å². The minimum absolute atomic E-state index is 0.143. The Bertz CT molecular complexity index is 786. The Balaban J connectivity index is 1.55. The number of hydrogen-bond acceptors (Lipinski definition) is 4. The van der Waals surface area contributed by atoms with Gasteiger partial charge in [-0.05, 0) is 34.9 Å². The first-order valence-corrected chi connectivity index (χ1v) is 8.61. The molecular formula is C18H15FN2OS2. The zero-order valence-corrected chi connectivity index (χ0v) is 14.3. The molecule has 0 atom stereocenters. The molecule has 0 aliphatic carbocycles. The van der Waals surface area contributed by atoms with Crippen molar-refractivity contribution in [2.24, 2.45) is 0 Å². The van der Waals surface area contributed by atoms with E-state index in [1.54, 1.807) is 12.1 Å². The maximum absolute atomic E-state index is 12.8. The van der Waals surface area contributed by atoms with E-state index in [0.29, 0.717) is 22.3 Å². The van der Waals surface area contributed by atoms with Crippen LogP contribution in [0.1, 0.15) is 16.7 Å². The lowest BCUT2D eigenvalue weighted by molar-refractivity contribution is -0.115. The van der Waals surface area contributed by atoms with Crippen molar-refractivity contribution in [2.45, 2.75) is 13.1 Å². The average molecular weight is 358 g/mol. The largest absolute Gasteiger partial charge is 0.309 e. The van der Waals surface area contributed by atoms with E-state index < -0.39 is 0 Å². The normalized spacial score (nSPS) is 15.8. The number of amides is 1. The molecule has 1 aliphatic heterocycles. The molecule has 1 amide bonds. The summed E-state index contributed by atoms with van der Waals surface area (Å²) >= 11 is 6.24. The maximum atomic E-state index is 12.8. The molecule has 6 heteroatoms. The molecule has 122 valence electrons. The molecule has 0 radical (unpaired) electrons. The molecule has 2 aromatic rings. The Morgan fingerprint density at radius 3 is 2.17 bits per heavy atom. The minimum atomic E-state index is -0.224. The lowest BCUT2D eigenvalue weighted by atomic mass is 10.1. The average Bonchev–Trinajstić information content (AvgIpc) is 2.88. The van der Waals surface area contributed by atoms with Crippen molar-refractivity contribution in [3.8, 4) is 0 Å². The van der Waals surface area contributed by atoms with Crippen molar-refractivity contribution < 1.29 is 9.18 Å². The first kappa shape index (κ1) is 16.8. The molecule has 1 fully saturated rings. The Morgan fingerprint density at radius 1 is 1.04 bits per heavy atom. The molecule has 0 unspecified atom stereocenters. The first-order valence-electron chi connectivity index (χ1n) is 7.39. The number of hydrogen-bond donors (Lipinski definition) is 2. The third kappa shape index (κ3) is 4.50. The van der Waals surface area contributed by atoms with Crippen LogP contribution in [0.4, 0.5) is 4.39 Å². The third-order valence-corrected chi connectivity index (χ3v) is 4.65. The van der Waals surface area contributed by atoms with E-state index in [1.165, 1.54) is 23.9 Å². The van der Waals surface area contributed by atoms with Crippen molar-refractivity contribution in [2.75, 3.05) is 0 Å². The van der Waals surface area contributed by atoms with Crippen LogP contribution in [-0.4, -0.2) is 10.2 Å². The second-order valence-electron chi connectivity index (χ2n) is 5.32. The van der Waals surface area contributed by atoms with E-state index >= 15 is 0 Å². The summed E-state index contributed by atoms with van der Waals surface area (Å²) < 4.78 is 13.3. The molecule has 0 bridgehead atoms. The summed E-state index contributed by atoms with van der Waals surface area (Å²) in [5, 5.41) is 5.92. The fourth-order valence-electron chi connectivity index (χ4n) is 2.26. The van der Waals surface area contributed by atoms with Gasteiger partial charge < -0.3 is 10.6 Å². The molecular weight excluding hydrogens is 343 g/mol. The van der Waals surface area contributed by atoms with Crippen molar-refractivity contribution in [3.63, 3.8) is 0 Å². The number of carbonyl (C=O) groups excluding carboxylic acids is 1. The van der Waals surface area contributed by atoms with E-state index in [0.717, 1.165) is 16.7 Å². The molecule has 1 saturated heterocycles. The number of carbonyl (C=O) groups is 1. The van der Waals surface area contributed by atoms with Gasteiger partial charge in [0.15, 0.2) is 0 Å². The Kier molecular flexibility index (Phi) is 5.40. The fraction of sp³-hybridized carbons (Fsp3) is 0.111. The van der Waals surface area contributed by atoms with Gasteiger partial charge in [0.25, 0.3) is 5.91 Å². The molecule has 0 spiro atoms. The van der Waals surface area contributed by atoms with Crippen LogP contribution in [0, 0.1) is 5.82 Å². The van der Waals surface area contributed by atoms with Gasteiger partial charge in [0.1, 0.15) is 10.1 Å². The number of nitrogens with one attached hydrogen (secondary N) is 2. The first-order chi connectivity index (χ1) is 11.6. The number of rotatable bonds is 5. The highest BCUT2D eigenvalue weighted by Crippen LogP contribution is 2.25. The second kappa shape index (κ2) is 7.70. The number of thioether (sulfide) groups is 1. The van der Waals surface area contributed by atoms with Gasteiger partial charge in [0, 0.05) is 13.1 Å². The topological polar surface area (TPSA) is 41.1 Å². The highest BCUT2D eigenvalue weighted by Gasteiger charge is 2.21. The van der Waals surface area contributed by atoms with Crippen LogP contribution in [0.2, 0.25) is 0 Å². The predicted octanol–water partition coefficient (Wildman–Crippen LogP) is 3.60. The van der Waals surface area contributed by atoms with Gasteiger partial charge in [-0.15, -0.1) is 0 Å². The number of halogens is 1. The quantitative estimate of drug-likeness (QED) is 0.633. The molecule has 3 rings (SSSR count). The van der Waals surface area contributed by atoms with E-state index in [4.69, 9.17) is 12.2 Å². The zero-order valence-electron chi connectivity index (χ0n) is 12.7. The van der Waals surface area contributed by atoms with Crippen molar-refractivity contribution in [3.05, 3.63) is 75.9 Å². The summed E-state index contributed by atoms with van der Waals surface area (Å²) in [7, 11) is 0. The van der Waals surface area contributed by atoms with Crippen LogP contribution >= 0.6 is 24.0 Å². The Hall–Kier alpha value is -2.02. The predicted molar refractivity (Wildman–Crippen MR) is 99.7 cm³/mol. The lowest BCUT2D eigenvalue weighted by Crippen LogP contribution is -2.17. The van der Waals surface area contributed by atoms with Gasteiger partial charge in [-0.2, -0.15) is 0 Å². The van der Waals surface area contributed by atoms with Crippen LogP contribution in [-0.2, 0) is 17.9 Å².